The Hall–Kier alpha value is -1.43. The zero-order valence-electron chi connectivity index (χ0n) is 10.4. The van der Waals surface area contributed by atoms with E-state index in [2.05, 4.69) is 21.4 Å². The fourth-order valence-corrected chi connectivity index (χ4v) is 2.12. The molecule has 0 radical (unpaired) electrons. The molecular formula is C14H14BrFN2O. The third-order valence-electron chi connectivity index (χ3n) is 2.89. The molecule has 0 amide bonds. The highest BCUT2D eigenvalue weighted by Crippen LogP contribution is 2.26. The maximum atomic E-state index is 13.6. The van der Waals surface area contributed by atoms with Crippen LogP contribution in [0.5, 0.6) is 5.75 Å². The molecule has 3 N–H and O–H groups in total. The number of hydrogen-bond donors (Lipinski definition) is 2. The first kappa shape index (κ1) is 14.0. The second-order valence-electron chi connectivity index (χ2n) is 4.05. The van der Waals surface area contributed by atoms with Crippen molar-refractivity contribution in [3.8, 4) is 5.75 Å². The summed E-state index contributed by atoms with van der Waals surface area (Å²) in [6, 6.07) is 12.1. The molecule has 3 nitrogen and oxygen atoms in total. The maximum Gasteiger partial charge on any atom is 0.137 e. The van der Waals surface area contributed by atoms with Crippen molar-refractivity contribution in [2.75, 3.05) is 7.11 Å². The second-order valence-corrected chi connectivity index (χ2v) is 4.90. The first-order valence-corrected chi connectivity index (χ1v) is 6.50. The van der Waals surface area contributed by atoms with Crippen LogP contribution in [0.3, 0.4) is 0 Å². The molecule has 5 heteroatoms. The number of halogens is 2. The van der Waals surface area contributed by atoms with Gasteiger partial charge < -0.3 is 4.74 Å². The molecular weight excluding hydrogens is 311 g/mol. The van der Waals surface area contributed by atoms with Gasteiger partial charge >= 0.3 is 0 Å². The van der Waals surface area contributed by atoms with E-state index >= 15 is 0 Å². The topological polar surface area (TPSA) is 47.3 Å². The highest BCUT2D eigenvalue weighted by Gasteiger charge is 2.14. The molecule has 1 atom stereocenters. The van der Waals surface area contributed by atoms with Gasteiger partial charge in [-0.25, -0.2) is 9.82 Å². The lowest BCUT2D eigenvalue weighted by Gasteiger charge is -2.17. The summed E-state index contributed by atoms with van der Waals surface area (Å²) in [4.78, 5) is 0. The number of hydrogen-bond acceptors (Lipinski definition) is 3. The minimum Gasteiger partial charge on any atom is -0.497 e. The van der Waals surface area contributed by atoms with E-state index in [0.717, 1.165) is 16.9 Å². The van der Waals surface area contributed by atoms with Crippen LogP contribution in [0.4, 0.5) is 4.39 Å². The molecule has 0 saturated carbocycles. The summed E-state index contributed by atoms with van der Waals surface area (Å²) >= 11 is 3.13. The monoisotopic (exact) mass is 324 g/mol. The molecule has 0 bridgehead atoms. The standard InChI is InChI=1S/C14H14BrFN2O/c1-19-11-5-2-9(3-6-11)14(18-17)10-4-7-12(15)13(16)8-10/h2-8,14,18H,17H2,1H3. The molecule has 0 aliphatic heterocycles. The van der Waals surface area contributed by atoms with Crippen LogP contribution in [0.2, 0.25) is 0 Å². The lowest BCUT2D eigenvalue weighted by molar-refractivity contribution is 0.414. The van der Waals surface area contributed by atoms with Gasteiger partial charge in [0, 0.05) is 0 Å². The number of ether oxygens (including phenoxy) is 1. The molecule has 100 valence electrons. The van der Waals surface area contributed by atoms with Crippen molar-refractivity contribution >= 4 is 15.9 Å². The number of methoxy groups -OCH3 is 1. The molecule has 0 spiro atoms. The highest BCUT2D eigenvalue weighted by molar-refractivity contribution is 9.10. The van der Waals surface area contributed by atoms with Crippen LogP contribution in [-0.2, 0) is 0 Å². The van der Waals surface area contributed by atoms with Crippen molar-refractivity contribution < 1.29 is 9.13 Å². The van der Waals surface area contributed by atoms with E-state index in [4.69, 9.17) is 10.6 Å². The molecule has 2 aromatic rings. The number of nitrogens with two attached hydrogens (primary N) is 1. The lowest BCUT2D eigenvalue weighted by Crippen LogP contribution is -2.28. The second kappa shape index (κ2) is 6.14. The zero-order valence-corrected chi connectivity index (χ0v) is 11.9. The zero-order chi connectivity index (χ0) is 13.8. The van der Waals surface area contributed by atoms with Gasteiger partial charge in [0.2, 0.25) is 0 Å². The Morgan fingerprint density at radius 2 is 1.79 bits per heavy atom. The Morgan fingerprint density at radius 1 is 1.16 bits per heavy atom. The number of rotatable bonds is 4. The summed E-state index contributed by atoms with van der Waals surface area (Å²) in [5, 5.41) is 0. The predicted molar refractivity (Wildman–Crippen MR) is 76.3 cm³/mol. The van der Waals surface area contributed by atoms with Crippen molar-refractivity contribution in [1.82, 2.24) is 5.43 Å². The van der Waals surface area contributed by atoms with Crippen LogP contribution in [0.1, 0.15) is 17.2 Å². The minimum absolute atomic E-state index is 0.270. The van der Waals surface area contributed by atoms with Crippen LogP contribution < -0.4 is 16.0 Å². The molecule has 1 unspecified atom stereocenters. The van der Waals surface area contributed by atoms with Gasteiger partial charge in [-0.05, 0) is 51.3 Å². The summed E-state index contributed by atoms with van der Waals surface area (Å²) in [5.41, 5.74) is 4.39. The smallest absolute Gasteiger partial charge is 0.137 e. The van der Waals surface area contributed by atoms with Gasteiger partial charge in [-0.15, -0.1) is 0 Å². The van der Waals surface area contributed by atoms with Gasteiger partial charge in [-0.3, -0.25) is 5.84 Å². The van der Waals surface area contributed by atoms with Crippen molar-refractivity contribution in [2.24, 2.45) is 5.84 Å². The Balaban J connectivity index is 2.34. The summed E-state index contributed by atoms with van der Waals surface area (Å²) < 4.78 is 19.1. The predicted octanol–water partition coefficient (Wildman–Crippen LogP) is 3.15. The van der Waals surface area contributed by atoms with Gasteiger partial charge in [0.05, 0.1) is 17.6 Å². The van der Waals surface area contributed by atoms with Crippen LogP contribution in [0.15, 0.2) is 46.9 Å². The van der Waals surface area contributed by atoms with E-state index in [-0.39, 0.29) is 11.9 Å². The Labute approximate surface area is 119 Å². The molecule has 19 heavy (non-hydrogen) atoms. The van der Waals surface area contributed by atoms with Crippen LogP contribution in [0, 0.1) is 5.82 Å². The van der Waals surface area contributed by atoms with E-state index in [1.165, 1.54) is 6.07 Å². The maximum absolute atomic E-state index is 13.6. The molecule has 0 aromatic heterocycles. The largest absolute Gasteiger partial charge is 0.497 e. The summed E-state index contributed by atoms with van der Waals surface area (Å²) in [6.45, 7) is 0. The fourth-order valence-electron chi connectivity index (χ4n) is 1.87. The summed E-state index contributed by atoms with van der Waals surface area (Å²) in [7, 11) is 1.61. The summed E-state index contributed by atoms with van der Waals surface area (Å²) in [6.07, 6.45) is 0. The molecule has 2 aromatic carbocycles. The highest BCUT2D eigenvalue weighted by atomic mass is 79.9. The first-order chi connectivity index (χ1) is 9.15. The number of benzene rings is 2. The number of hydrazine groups is 1. The van der Waals surface area contributed by atoms with Crippen molar-refractivity contribution in [3.05, 3.63) is 63.9 Å². The van der Waals surface area contributed by atoms with E-state index in [0.29, 0.717) is 4.47 Å². The van der Waals surface area contributed by atoms with Gasteiger partial charge in [-0.2, -0.15) is 0 Å². The third-order valence-corrected chi connectivity index (χ3v) is 3.54. The van der Waals surface area contributed by atoms with E-state index < -0.39 is 0 Å². The quantitative estimate of drug-likeness (QED) is 0.671. The van der Waals surface area contributed by atoms with Gasteiger partial charge in [0.1, 0.15) is 11.6 Å². The Kier molecular flexibility index (Phi) is 4.52. The Bertz CT molecular complexity index is 560. The van der Waals surface area contributed by atoms with Gasteiger partial charge in [0.25, 0.3) is 0 Å². The van der Waals surface area contributed by atoms with Crippen molar-refractivity contribution in [3.63, 3.8) is 0 Å². The van der Waals surface area contributed by atoms with Gasteiger partial charge in [0.15, 0.2) is 0 Å². The van der Waals surface area contributed by atoms with Crippen LogP contribution in [0.25, 0.3) is 0 Å². The molecule has 0 fully saturated rings. The van der Waals surface area contributed by atoms with E-state index in [1.54, 1.807) is 13.2 Å². The normalized spacial score (nSPS) is 12.2. The average Bonchev–Trinajstić information content (AvgIpc) is 2.44. The van der Waals surface area contributed by atoms with Crippen molar-refractivity contribution in [2.45, 2.75) is 6.04 Å². The molecule has 0 aliphatic carbocycles. The van der Waals surface area contributed by atoms with E-state index in [1.807, 2.05) is 30.3 Å². The molecule has 0 saturated heterocycles. The van der Waals surface area contributed by atoms with Crippen LogP contribution >= 0.6 is 15.9 Å². The first-order valence-electron chi connectivity index (χ1n) is 5.70. The summed E-state index contributed by atoms with van der Waals surface area (Å²) in [5.74, 6) is 6.03. The van der Waals surface area contributed by atoms with Crippen molar-refractivity contribution in [1.29, 1.82) is 0 Å². The minimum atomic E-state index is -0.314. The van der Waals surface area contributed by atoms with Crippen LogP contribution in [-0.4, -0.2) is 7.11 Å². The molecule has 0 aliphatic rings. The molecule has 0 heterocycles. The van der Waals surface area contributed by atoms with E-state index in [9.17, 15) is 4.39 Å². The third kappa shape index (κ3) is 3.12. The average molecular weight is 325 g/mol. The van der Waals surface area contributed by atoms with Gasteiger partial charge in [-0.1, -0.05) is 18.2 Å². The Morgan fingerprint density at radius 3 is 2.32 bits per heavy atom. The number of nitrogens with one attached hydrogen (secondary N) is 1. The SMILES string of the molecule is COc1ccc(C(NN)c2ccc(Br)c(F)c2)cc1. The molecule has 2 rings (SSSR count). The lowest BCUT2D eigenvalue weighted by atomic mass is 9.99. The fraction of sp³-hybridized carbons (Fsp3) is 0.143.